The number of carbonyl (C=O) groups excluding carboxylic acids is 1. The van der Waals surface area contributed by atoms with Gasteiger partial charge in [-0.2, -0.15) is 0 Å². The molecule has 1 heterocycles. The Labute approximate surface area is 131 Å². The lowest BCUT2D eigenvalue weighted by molar-refractivity contribution is 0.0790. The summed E-state index contributed by atoms with van der Waals surface area (Å²) in [6.45, 7) is 2.32. The first-order valence-electron chi connectivity index (χ1n) is 5.93. The van der Waals surface area contributed by atoms with E-state index in [0.29, 0.717) is 27.2 Å². The fourth-order valence-electron chi connectivity index (χ4n) is 1.77. The Morgan fingerprint density at radius 1 is 1.35 bits per heavy atom. The first kappa shape index (κ1) is 15.2. The van der Waals surface area contributed by atoms with E-state index in [1.807, 2.05) is 13.0 Å². The van der Waals surface area contributed by atoms with Gasteiger partial charge in [0.25, 0.3) is 5.91 Å². The number of nitrogens with zero attached hydrogens (tertiary/aromatic N) is 1. The van der Waals surface area contributed by atoms with Gasteiger partial charge in [-0.15, -0.1) is 11.3 Å². The number of anilines is 1. The van der Waals surface area contributed by atoms with Crippen molar-refractivity contribution in [3.63, 3.8) is 0 Å². The number of thiophene rings is 1. The molecule has 0 saturated heterocycles. The van der Waals surface area contributed by atoms with E-state index in [2.05, 4.69) is 0 Å². The van der Waals surface area contributed by atoms with Crippen LogP contribution in [-0.2, 0) is 6.54 Å². The first-order valence-corrected chi connectivity index (χ1v) is 7.51. The minimum atomic E-state index is -0.0687. The van der Waals surface area contributed by atoms with Gasteiger partial charge in [0.2, 0.25) is 0 Å². The van der Waals surface area contributed by atoms with Crippen LogP contribution in [0, 0.1) is 6.92 Å². The van der Waals surface area contributed by atoms with Crippen molar-refractivity contribution in [3.8, 4) is 0 Å². The van der Waals surface area contributed by atoms with Crippen molar-refractivity contribution >= 4 is 46.1 Å². The minimum absolute atomic E-state index is 0.0687. The number of amides is 1. The van der Waals surface area contributed by atoms with Gasteiger partial charge in [-0.3, -0.25) is 4.79 Å². The molecule has 106 valence electrons. The highest BCUT2D eigenvalue weighted by atomic mass is 35.5. The van der Waals surface area contributed by atoms with Crippen molar-refractivity contribution in [1.29, 1.82) is 0 Å². The lowest BCUT2D eigenvalue weighted by atomic mass is 10.2. The second-order valence-corrected chi connectivity index (χ2v) is 6.62. The van der Waals surface area contributed by atoms with Gasteiger partial charge in [0.15, 0.2) is 0 Å². The molecule has 2 rings (SSSR count). The molecule has 2 aromatic rings. The van der Waals surface area contributed by atoms with E-state index in [0.717, 1.165) is 10.4 Å². The molecule has 1 aromatic carbocycles. The minimum Gasteiger partial charge on any atom is -0.398 e. The highest BCUT2D eigenvalue weighted by Gasteiger charge is 2.16. The molecular formula is C14H14Cl2N2OS. The molecule has 2 N–H and O–H groups in total. The van der Waals surface area contributed by atoms with Crippen LogP contribution < -0.4 is 5.73 Å². The van der Waals surface area contributed by atoms with Gasteiger partial charge in [-0.25, -0.2) is 0 Å². The van der Waals surface area contributed by atoms with Gasteiger partial charge in [-0.1, -0.05) is 29.3 Å². The summed E-state index contributed by atoms with van der Waals surface area (Å²) in [6, 6.07) is 6.96. The van der Waals surface area contributed by atoms with Crippen molar-refractivity contribution in [1.82, 2.24) is 4.90 Å². The molecule has 1 amide bonds. The van der Waals surface area contributed by atoms with E-state index in [9.17, 15) is 4.79 Å². The number of hydrogen-bond acceptors (Lipinski definition) is 3. The lowest BCUT2D eigenvalue weighted by Crippen LogP contribution is -2.25. The molecule has 1 aromatic heterocycles. The molecule has 20 heavy (non-hydrogen) atoms. The highest BCUT2D eigenvalue weighted by molar-refractivity contribution is 7.14. The Hall–Kier alpha value is -1.23. The zero-order valence-corrected chi connectivity index (χ0v) is 13.4. The summed E-state index contributed by atoms with van der Waals surface area (Å²) in [5, 5.41) is 1.13. The average molecular weight is 329 g/mol. The van der Waals surface area contributed by atoms with Crippen LogP contribution >= 0.6 is 34.5 Å². The van der Waals surface area contributed by atoms with Crippen molar-refractivity contribution in [3.05, 3.63) is 49.6 Å². The Morgan fingerprint density at radius 3 is 2.60 bits per heavy atom. The van der Waals surface area contributed by atoms with Crippen LogP contribution in [0.5, 0.6) is 0 Å². The maximum atomic E-state index is 12.3. The number of hydrogen-bond donors (Lipinski definition) is 1. The van der Waals surface area contributed by atoms with Gasteiger partial charge in [0, 0.05) is 34.2 Å². The maximum Gasteiger partial charge on any atom is 0.264 e. The summed E-state index contributed by atoms with van der Waals surface area (Å²) in [6.07, 6.45) is 0. The van der Waals surface area contributed by atoms with E-state index >= 15 is 0 Å². The number of carbonyl (C=O) groups is 1. The van der Waals surface area contributed by atoms with E-state index in [1.54, 1.807) is 30.1 Å². The molecule has 0 fully saturated rings. The van der Waals surface area contributed by atoms with E-state index in [4.69, 9.17) is 28.9 Å². The maximum absolute atomic E-state index is 12.3. The summed E-state index contributed by atoms with van der Waals surface area (Å²) >= 11 is 13.4. The second-order valence-electron chi connectivity index (χ2n) is 4.52. The van der Waals surface area contributed by atoms with Gasteiger partial charge in [0.1, 0.15) is 0 Å². The SMILES string of the molecule is Cc1sc(C(=O)N(C)Cc2ccc(Cl)cc2Cl)cc1N. The third-order valence-corrected chi connectivity index (χ3v) is 4.58. The molecule has 0 aliphatic rings. The van der Waals surface area contributed by atoms with E-state index in [1.165, 1.54) is 11.3 Å². The summed E-state index contributed by atoms with van der Waals surface area (Å²) in [5.41, 5.74) is 7.28. The fourth-order valence-corrected chi connectivity index (χ4v) is 3.17. The van der Waals surface area contributed by atoms with E-state index < -0.39 is 0 Å². The topological polar surface area (TPSA) is 46.3 Å². The molecule has 0 bridgehead atoms. The number of rotatable bonds is 3. The third kappa shape index (κ3) is 3.26. The zero-order chi connectivity index (χ0) is 14.9. The van der Waals surface area contributed by atoms with Crippen LogP contribution in [0.3, 0.4) is 0 Å². The van der Waals surface area contributed by atoms with E-state index in [-0.39, 0.29) is 5.91 Å². The summed E-state index contributed by atoms with van der Waals surface area (Å²) < 4.78 is 0. The Balaban J connectivity index is 2.15. The van der Waals surface area contributed by atoms with Crippen LogP contribution in [-0.4, -0.2) is 17.9 Å². The summed E-state index contributed by atoms with van der Waals surface area (Å²) in [7, 11) is 1.73. The first-order chi connectivity index (χ1) is 9.38. The lowest BCUT2D eigenvalue weighted by Gasteiger charge is -2.17. The van der Waals surface area contributed by atoms with Crippen LogP contribution in [0.1, 0.15) is 20.1 Å². The van der Waals surface area contributed by atoms with Crippen molar-refractivity contribution in [2.24, 2.45) is 0 Å². The molecule has 0 radical (unpaired) electrons. The molecule has 0 aliphatic carbocycles. The summed E-state index contributed by atoms with van der Waals surface area (Å²) in [4.78, 5) is 15.5. The Bertz CT molecular complexity index is 635. The Kier molecular flexibility index (Phi) is 4.58. The van der Waals surface area contributed by atoms with Gasteiger partial charge in [-0.05, 0) is 30.7 Å². The monoisotopic (exact) mass is 328 g/mol. The standard InChI is InChI=1S/C14H14Cl2N2OS/c1-8-12(17)6-13(20-8)14(19)18(2)7-9-3-4-10(15)5-11(9)16/h3-6H,7,17H2,1-2H3. The summed E-state index contributed by atoms with van der Waals surface area (Å²) in [5.74, 6) is -0.0687. The molecular weight excluding hydrogens is 315 g/mol. The van der Waals surface area contributed by atoms with Crippen LogP contribution in [0.4, 0.5) is 5.69 Å². The van der Waals surface area contributed by atoms with Crippen LogP contribution in [0.25, 0.3) is 0 Å². The molecule has 0 unspecified atom stereocenters. The third-order valence-electron chi connectivity index (χ3n) is 2.94. The second kappa shape index (κ2) is 6.04. The number of halogens is 2. The molecule has 0 saturated carbocycles. The number of benzene rings is 1. The molecule has 0 aliphatic heterocycles. The number of aryl methyl sites for hydroxylation is 1. The smallest absolute Gasteiger partial charge is 0.264 e. The normalized spacial score (nSPS) is 10.6. The van der Waals surface area contributed by atoms with Gasteiger partial charge < -0.3 is 10.6 Å². The largest absolute Gasteiger partial charge is 0.398 e. The zero-order valence-electron chi connectivity index (χ0n) is 11.1. The van der Waals surface area contributed by atoms with Crippen LogP contribution in [0.15, 0.2) is 24.3 Å². The van der Waals surface area contributed by atoms with Crippen molar-refractivity contribution in [2.75, 3.05) is 12.8 Å². The fraction of sp³-hybridized carbons (Fsp3) is 0.214. The molecule has 0 spiro atoms. The highest BCUT2D eigenvalue weighted by Crippen LogP contribution is 2.26. The quantitative estimate of drug-likeness (QED) is 0.916. The predicted molar refractivity (Wildman–Crippen MR) is 85.7 cm³/mol. The molecule has 3 nitrogen and oxygen atoms in total. The predicted octanol–water partition coefficient (Wildman–Crippen LogP) is 4.22. The molecule has 6 heteroatoms. The average Bonchev–Trinajstić information content (AvgIpc) is 2.72. The van der Waals surface area contributed by atoms with Crippen molar-refractivity contribution in [2.45, 2.75) is 13.5 Å². The van der Waals surface area contributed by atoms with Crippen LogP contribution in [0.2, 0.25) is 10.0 Å². The van der Waals surface area contributed by atoms with Crippen molar-refractivity contribution < 1.29 is 4.79 Å². The van der Waals surface area contributed by atoms with Gasteiger partial charge >= 0.3 is 0 Å². The van der Waals surface area contributed by atoms with Gasteiger partial charge in [0.05, 0.1) is 4.88 Å². The number of nitrogens with two attached hydrogens (primary N) is 1. The molecule has 0 atom stereocenters. The number of nitrogen functional groups attached to an aromatic ring is 1. The Morgan fingerprint density at radius 2 is 2.05 bits per heavy atom.